The minimum Gasteiger partial charge on any atom is -0.491 e. The third kappa shape index (κ3) is 3.07. The molecule has 2 rings (SSSR count). The van der Waals surface area contributed by atoms with Crippen molar-refractivity contribution >= 4 is 0 Å². The van der Waals surface area contributed by atoms with Crippen molar-refractivity contribution in [2.75, 3.05) is 20.3 Å². The van der Waals surface area contributed by atoms with Crippen LogP contribution < -0.4 is 4.74 Å². The number of aromatic nitrogens is 2. The lowest BCUT2D eigenvalue weighted by Crippen LogP contribution is -2.03. The highest BCUT2D eigenvalue weighted by atomic mass is 16.5. The molecule has 5 nitrogen and oxygen atoms in total. The van der Waals surface area contributed by atoms with E-state index >= 15 is 0 Å². The molecule has 0 aliphatic heterocycles. The monoisotopic (exact) mass is 248 g/mol. The lowest BCUT2D eigenvalue weighted by Gasteiger charge is -2.05. The summed E-state index contributed by atoms with van der Waals surface area (Å²) in [6, 6.07) is 7.55. The minimum absolute atomic E-state index is 0.537. The van der Waals surface area contributed by atoms with Crippen molar-refractivity contribution in [3.8, 4) is 17.2 Å². The summed E-state index contributed by atoms with van der Waals surface area (Å²) in [5.41, 5.74) is 0.890. The molecule has 5 heteroatoms. The summed E-state index contributed by atoms with van der Waals surface area (Å²) in [5, 5.41) is 7.91. The molecule has 1 aromatic carbocycles. The maximum atomic E-state index is 5.47. The number of hydrogen-bond acceptors (Lipinski definition) is 5. The Morgan fingerprint density at radius 2 is 1.89 bits per heavy atom. The molecule has 0 spiro atoms. The highest BCUT2D eigenvalue weighted by Gasteiger charge is 2.06. The van der Waals surface area contributed by atoms with Crippen LogP contribution in [0.25, 0.3) is 11.5 Å². The second kappa shape index (κ2) is 6.16. The Morgan fingerprint density at radius 1 is 1.11 bits per heavy atom. The van der Waals surface area contributed by atoms with E-state index in [4.69, 9.17) is 13.9 Å². The van der Waals surface area contributed by atoms with E-state index in [9.17, 15) is 0 Å². The van der Waals surface area contributed by atoms with Crippen LogP contribution in [0.3, 0.4) is 0 Å². The fraction of sp³-hybridized carbons (Fsp3) is 0.385. The summed E-state index contributed by atoms with van der Waals surface area (Å²) in [6.45, 7) is 3.09. The van der Waals surface area contributed by atoms with Gasteiger partial charge in [0.25, 0.3) is 0 Å². The maximum absolute atomic E-state index is 5.47. The van der Waals surface area contributed by atoms with Gasteiger partial charge < -0.3 is 13.9 Å². The fourth-order valence-electron chi connectivity index (χ4n) is 1.45. The van der Waals surface area contributed by atoms with E-state index < -0.39 is 0 Å². The zero-order chi connectivity index (χ0) is 12.8. The van der Waals surface area contributed by atoms with Gasteiger partial charge in [0.2, 0.25) is 11.8 Å². The Bertz CT molecular complexity index is 479. The molecule has 1 heterocycles. The standard InChI is InChI=1S/C13H16N2O3/c1-3-12-14-15-13(18-12)10-4-6-11(7-5-10)17-9-8-16-2/h4-7H,3,8-9H2,1-2H3. The zero-order valence-electron chi connectivity index (χ0n) is 10.5. The van der Waals surface area contributed by atoms with Crippen LogP contribution in [0.4, 0.5) is 0 Å². The normalized spacial score (nSPS) is 10.6. The molecule has 0 radical (unpaired) electrons. The van der Waals surface area contributed by atoms with Gasteiger partial charge in [0.05, 0.1) is 6.61 Å². The quantitative estimate of drug-likeness (QED) is 0.734. The van der Waals surface area contributed by atoms with E-state index in [1.54, 1.807) is 7.11 Å². The third-order valence-electron chi connectivity index (χ3n) is 2.43. The molecule has 0 aliphatic rings. The second-order valence-electron chi connectivity index (χ2n) is 3.72. The van der Waals surface area contributed by atoms with Crippen molar-refractivity contribution in [1.82, 2.24) is 10.2 Å². The summed E-state index contributed by atoms with van der Waals surface area (Å²) < 4.78 is 15.9. The molecule has 96 valence electrons. The van der Waals surface area contributed by atoms with E-state index in [1.165, 1.54) is 0 Å². The Hall–Kier alpha value is -1.88. The first-order valence-corrected chi connectivity index (χ1v) is 5.88. The molecule has 0 unspecified atom stereocenters. The van der Waals surface area contributed by atoms with Crippen molar-refractivity contribution in [3.05, 3.63) is 30.2 Å². The second-order valence-corrected chi connectivity index (χ2v) is 3.72. The topological polar surface area (TPSA) is 57.4 Å². The molecule has 18 heavy (non-hydrogen) atoms. The number of methoxy groups -OCH3 is 1. The summed E-state index contributed by atoms with van der Waals surface area (Å²) in [5.74, 6) is 1.98. The molecular formula is C13H16N2O3. The van der Waals surface area contributed by atoms with Crippen LogP contribution >= 0.6 is 0 Å². The number of nitrogens with zero attached hydrogens (tertiary/aromatic N) is 2. The van der Waals surface area contributed by atoms with Crippen LogP contribution in [0.1, 0.15) is 12.8 Å². The van der Waals surface area contributed by atoms with Crippen LogP contribution in [0.5, 0.6) is 5.75 Å². The van der Waals surface area contributed by atoms with E-state index in [0.717, 1.165) is 17.7 Å². The summed E-state index contributed by atoms with van der Waals surface area (Å²) in [7, 11) is 1.65. The molecule has 0 bridgehead atoms. The van der Waals surface area contributed by atoms with Gasteiger partial charge in [0.15, 0.2) is 0 Å². The predicted octanol–water partition coefficient (Wildman–Crippen LogP) is 2.32. The summed E-state index contributed by atoms with van der Waals surface area (Å²) >= 11 is 0. The summed E-state index contributed by atoms with van der Waals surface area (Å²) in [6.07, 6.45) is 0.741. The van der Waals surface area contributed by atoms with Crippen molar-refractivity contribution in [2.24, 2.45) is 0 Å². The first kappa shape index (κ1) is 12.6. The molecule has 1 aromatic heterocycles. The number of rotatable bonds is 6. The van der Waals surface area contributed by atoms with Gasteiger partial charge in [0, 0.05) is 19.1 Å². The van der Waals surface area contributed by atoms with E-state index in [-0.39, 0.29) is 0 Å². The average molecular weight is 248 g/mol. The van der Waals surface area contributed by atoms with Gasteiger partial charge in [-0.2, -0.15) is 0 Å². The molecule has 0 aliphatic carbocycles. The van der Waals surface area contributed by atoms with Crippen LogP contribution in [0.2, 0.25) is 0 Å². The SMILES string of the molecule is CCc1nnc(-c2ccc(OCCOC)cc2)o1. The highest BCUT2D eigenvalue weighted by molar-refractivity contribution is 5.53. The Morgan fingerprint density at radius 3 is 2.50 bits per heavy atom. The van der Waals surface area contributed by atoms with Crippen LogP contribution in [0, 0.1) is 0 Å². The van der Waals surface area contributed by atoms with Gasteiger partial charge >= 0.3 is 0 Å². The zero-order valence-corrected chi connectivity index (χ0v) is 10.5. The smallest absolute Gasteiger partial charge is 0.247 e. The summed E-state index contributed by atoms with van der Waals surface area (Å²) in [4.78, 5) is 0. The van der Waals surface area contributed by atoms with Crippen molar-refractivity contribution < 1.29 is 13.9 Å². The average Bonchev–Trinajstić information content (AvgIpc) is 2.89. The Balaban J connectivity index is 2.02. The highest BCUT2D eigenvalue weighted by Crippen LogP contribution is 2.21. The van der Waals surface area contributed by atoms with Crippen molar-refractivity contribution in [2.45, 2.75) is 13.3 Å². The van der Waals surface area contributed by atoms with Gasteiger partial charge in [0.1, 0.15) is 12.4 Å². The molecule has 2 aromatic rings. The lowest BCUT2D eigenvalue weighted by atomic mass is 10.2. The lowest BCUT2D eigenvalue weighted by molar-refractivity contribution is 0.146. The largest absolute Gasteiger partial charge is 0.491 e. The molecule has 0 saturated carbocycles. The van der Waals surface area contributed by atoms with Gasteiger partial charge in [-0.25, -0.2) is 0 Å². The molecular weight excluding hydrogens is 232 g/mol. The van der Waals surface area contributed by atoms with Crippen LogP contribution in [0.15, 0.2) is 28.7 Å². The number of benzene rings is 1. The molecule has 0 atom stereocenters. The van der Waals surface area contributed by atoms with Gasteiger partial charge in [-0.3, -0.25) is 0 Å². The van der Waals surface area contributed by atoms with E-state index in [2.05, 4.69) is 10.2 Å². The van der Waals surface area contributed by atoms with Gasteiger partial charge in [-0.15, -0.1) is 10.2 Å². The maximum Gasteiger partial charge on any atom is 0.247 e. The van der Waals surface area contributed by atoms with Crippen LogP contribution in [-0.2, 0) is 11.2 Å². The predicted molar refractivity (Wildman–Crippen MR) is 66.5 cm³/mol. The molecule has 0 N–H and O–H groups in total. The van der Waals surface area contributed by atoms with E-state index in [1.807, 2.05) is 31.2 Å². The van der Waals surface area contributed by atoms with Gasteiger partial charge in [-0.05, 0) is 24.3 Å². The minimum atomic E-state index is 0.537. The Labute approximate surface area is 106 Å². The number of ether oxygens (including phenoxy) is 2. The molecule has 0 fully saturated rings. The number of aryl methyl sites for hydroxylation is 1. The van der Waals surface area contributed by atoms with Crippen LogP contribution in [-0.4, -0.2) is 30.5 Å². The van der Waals surface area contributed by atoms with Crippen molar-refractivity contribution in [3.63, 3.8) is 0 Å². The van der Waals surface area contributed by atoms with Crippen molar-refractivity contribution in [1.29, 1.82) is 0 Å². The van der Waals surface area contributed by atoms with Gasteiger partial charge in [-0.1, -0.05) is 6.92 Å². The molecule has 0 amide bonds. The number of hydrogen-bond donors (Lipinski definition) is 0. The Kier molecular flexibility index (Phi) is 4.30. The first-order valence-electron chi connectivity index (χ1n) is 5.88. The third-order valence-corrected chi connectivity index (χ3v) is 2.43. The fourth-order valence-corrected chi connectivity index (χ4v) is 1.45. The molecule has 0 saturated heterocycles. The first-order chi connectivity index (χ1) is 8.83. The van der Waals surface area contributed by atoms with E-state index in [0.29, 0.717) is 25.0 Å².